The van der Waals surface area contributed by atoms with Gasteiger partial charge in [0.1, 0.15) is 17.9 Å². The average Bonchev–Trinajstić information content (AvgIpc) is 3.09. The van der Waals surface area contributed by atoms with Crippen molar-refractivity contribution in [3.8, 4) is 0 Å². The Labute approximate surface area is 160 Å². The van der Waals surface area contributed by atoms with E-state index in [1.54, 1.807) is 20.8 Å². The van der Waals surface area contributed by atoms with Crippen molar-refractivity contribution in [2.45, 2.75) is 52.1 Å². The molecule has 0 unspecified atom stereocenters. The lowest BCUT2D eigenvalue weighted by atomic mass is 9.80. The minimum atomic E-state index is -1.10. The highest BCUT2D eigenvalue weighted by Gasteiger charge is 2.70. The van der Waals surface area contributed by atoms with Crippen LogP contribution in [-0.4, -0.2) is 41.4 Å². The first-order chi connectivity index (χ1) is 12.8. The molecule has 2 amide bonds. The van der Waals surface area contributed by atoms with Crippen LogP contribution in [0.1, 0.15) is 57.7 Å². The molecule has 2 aliphatic heterocycles. The van der Waals surface area contributed by atoms with Crippen LogP contribution in [-0.2, 0) is 19.1 Å². The maximum atomic E-state index is 13.0. The summed E-state index contributed by atoms with van der Waals surface area (Å²) >= 11 is 0. The van der Waals surface area contributed by atoms with E-state index in [9.17, 15) is 14.4 Å². The first kappa shape index (κ1) is 19.5. The highest BCUT2D eigenvalue weighted by atomic mass is 16.5. The van der Waals surface area contributed by atoms with Gasteiger partial charge in [-0.25, -0.2) is 4.79 Å². The number of esters is 1. The molecule has 6 nitrogen and oxygen atoms in total. The smallest absolute Gasteiger partial charge is 0.368 e. The summed E-state index contributed by atoms with van der Waals surface area (Å²) in [5.74, 6) is -1.71. The largest absolute Gasteiger partial charge is 0.461 e. The van der Waals surface area contributed by atoms with Crippen molar-refractivity contribution in [1.82, 2.24) is 4.90 Å². The molecule has 6 heteroatoms. The number of carbonyl (C=O) groups excluding carboxylic acids is 3. The zero-order valence-electron chi connectivity index (χ0n) is 16.7. The van der Waals surface area contributed by atoms with Crippen LogP contribution in [0, 0.1) is 11.8 Å². The molecule has 2 fully saturated rings. The van der Waals surface area contributed by atoms with Gasteiger partial charge in [0.15, 0.2) is 0 Å². The van der Waals surface area contributed by atoms with Gasteiger partial charge in [-0.3, -0.25) is 14.5 Å². The summed E-state index contributed by atoms with van der Waals surface area (Å²) in [6.07, 6.45) is 0. The van der Waals surface area contributed by atoms with Crippen molar-refractivity contribution in [2.24, 2.45) is 11.8 Å². The summed E-state index contributed by atoms with van der Waals surface area (Å²) in [6.45, 7) is 10.1. The predicted octanol–water partition coefficient (Wildman–Crippen LogP) is 1.37. The first-order valence-corrected chi connectivity index (χ1v) is 9.74. The number of nitrogens with zero attached hydrogens (tertiary/aromatic N) is 1. The Bertz CT molecular complexity index is 758. The number of nitrogens with two attached hydrogens (primary N) is 1. The maximum absolute atomic E-state index is 13.0. The minimum Gasteiger partial charge on any atom is -0.461 e. The Kier molecular flexibility index (Phi) is 5.12. The van der Waals surface area contributed by atoms with Gasteiger partial charge in [0.05, 0.1) is 6.61 Å². The zero-order valence-corrected chi connectivity index (χ0v) is 16.7. The fourth-order valence-corrected chi connectivity index (χ4v) is 4.52. The highest BCUT2D eigenvalue weighted by Crippen LogP contribution is 2.44. The molecule has 0 saturated carbocycles. The van der Waals surface area contributed by atoms with Crippen molar-refractivity contribution < 1.29 is 24.4 Å². The van der Waals surface area contributed by atoms with Gasteiger partial charge in [-0.1, -0.05) is 38.1 Å². The second-order valence-corrected chi connectivity index (χ2v) is 7.94. The Morgan fingerprint density at radius 1 is 1.19 bits per heavy atom. The van der Waals surface area contributed by atoms with Crippen LogP contribution in [0.3, 0.4) is 0 Å². The molecule has 0 radical (unpaired) electrons. The highest BCUT2D eigenvalue weighted by molar-refractivity contribution is 6.08. The second-order valence-electron chi connectivity index (χ2n) is 7.94. The topological polar surface area (TPSA) is 80.3 Å². The summed E-state index contributed by atoms with van der Waals surface area (Å²) in [7, 11) is 0. The average molecular weight is 373 g/mol. The Morgan fingerprint density at radius 2 is 1.81 bits per heavy atom. The van der Waals surface area contributed by atoms with Gasteiger partial charge < -0.3 is 10.1 Å². The lowest BCUT2D eigenvalue weighted by Gasteiger charge is -2.25. The van der Waals surface area contributed by atoms with Crippen LogP contribution in [0.2, 0.25) is 0 Å². The molecule has 3 rings (SSSR count). The Balaban J connectivity index is 2.04. The third-order valence-electron chi connectivity index (χ3n) is 6.02. The van der Waals surface area contributed by atoms with E-state index in [1.807, 2.05) is 17.4 Å². The van der Waals surface area contributed by atoms with E-state index in [1.165, 1.54) is 10.5 Å². The summed E-state index contributed by atoms with van der Waals surface area (Å²) in [4.78, 5) is 40.0. The van der Waals surface area contributed by atoms with Crippen molar-refractivity contribution >= 4 is 17.8 Å². The number of hydrogen-bond donors (Lipinski definition) is 1. The normalized spacial score (nSPS) is 30.1. The van der Waals surface area contributed by atoms with Crippen molar-refractivity contribution in [2.75, 3.05) is 13.2 Å². The molecule has 0 aromatic heterocycles. The lowest BCUT2D eigenvalue weighted by molar-refractivity contribution is -0.731. The van der Waals surface area contributed by atoms with Crippen molar-refractivity contribution in [3.63, 3.8) is 0 Å². The van der Waals surface area contributed by atoms with Crippen LogP contribution >= 0.6 is 0 Å². The van der Waals surface area contributed by atoms with Gasteiger partial charge >= 0.3 is 5.97 Å². The monoisotopic (exact) mass is 373 g/mol. The number of benzene rings is 1. The molecule has 0 aliphatic carbocycles. The van der Waals surface area contributed by atoms with Crippen LogP contribution in [0.5, 0.6) is 0 Å². The lowest BCUT2D eigenvalue weighted by Crippen LogP contribution is -2.97. The van der Waals surface area contributed by atoms with Crippen LogP contribution in [0.4, 0.5) is 0 Å². The molecule has 1 aromatic carbocycles. The van der Waals surface area contributed by atoms with Gasteiger partial charge in [-0.2, -0.15) is 0 Å². The number of carbonyl (C=O) groups is 3. The van der Waals surface area contributed by atoms with Crippen LogP contribution in [0.25, 0.3) is 0 Å². The number of imide groups is 1. The molecule has 4 atom stereocenters. The minimum absolute atomic E-state index is 0.185. The molecule has 2 heterocycles. The van der Waals surface area contributed by atoms with Crippen LogP contribution < -0.4 is 5.32 Å². The van der Waals surface area contributed by atoms with Gasteiger partial charge in [0, 0.05) is 19.0 Å². The first-order valence-electron chi connectivity index (χ1n) is 9.74. The molecule has 2 saturated heterocycles. The predicted molar refractivity (Wildman–Crippen MR) is 99.6 cm³/mol. The van der Waals surface area contributed by atoms with Gasteiger partial charge in [-0.15, -0.1) is 0 Å². The molecule has 2 aliphatic rings. The van der Waals surface area contributed by atoms with E-state index in [2.05, 4.69) is 26.0 Å². The SMILES string of the molecule is CCOC(=O)[C@]1(C)[NH2+][C@@H](c2ccc(C(C)C)cc2)[C@H]2C(=O)N(CC)C(=O)[C@H]21. The number of quaternary nitrogens is 1. The molecule has 146 valence electrons. The van der Waals surface area contributed by atoms with E-state index in [4.69, 9.17) is 4.74 Å². The molecule has 0 spiro atoms. The summed E-state index contributed by atoms with van der Waals surface area (Å²) in [6, 6.07) is 7.86. The van der Waals surface area contributed by atoms with Crippen molar-refractivity contribution in [3.05, 3.63) is 35.4 Å². The molecule has 0 bridgehead atoms. The van der Waals surface area contributed by atoms with Gasteiger partial charge in [-0.05, 0) is 25.3 Å². The van der Waals surface area contributed by atoms with Crippen molar-refractivity contribution in [1.29, 1.82) is 0 Å². The number of fused-ring (bicyclic) bond motifs is 1. The fraction of sp³-hybridized carbons (Fsp3) is 0.571. The quantitative estimate of drug-likeness (QED) is 0.624. The van der Waals surface area contributed by atoms with Gasteiger partial charge in [0.25, 0.3) is 0 Å². The summed E-state index contributed by atoms with van der Waals surface area (Å²) in [5.41, 5.74) is 1.07. The standard InChI is InChI=1S/C21H28N2O4/c1-6-23-18(24)15-16(19(23)25)21(5,20(26)27-7-2)22-17(15)14-10-8-13(9-11-14)12(3)4/h8-12,15-17,22H,6-7H2,1-5H3/p+1/t15-,16-,17-,21+/m0/s1. The van der Waals surface area contributed by atoms with E-state index < -0.39 is 23.3 Å². The third-order valence-corrected chi connectivity index (χ3v) is 6.02. The molecular formula is C21H29N2O4+. The van der Waals surface area contributed by atoms with E-state index in [-0.39, 0.29) is 24.5 Å². The summed E-state index contributed by atoms with van der Waals surface area (Å²) in [5, 5.41) is 1.87. The van der Waals surface area contributed by atoms with E-state index in [0.717, 1.165) is 5.56 Å². The number of ether oxygens (including phenoxy) is 1. The Morgan fingerprint density at radius 3 is 2.33 bits per heavy atom. The number of likely N-dealkylation sites (tertiary alicyclic amines) is 1. The second kappa shape index (κ2) is 7.08. The molecule has 27 heavy (non-hydrogen) atoms. The van der Waals surface area contributed by atoms with Gasteiger partial charge in [0.2, 0.25) is 17.4 Å². The number of amides is 2. The molecule has 2 N–H and O–H groups in total. The fourth-order valence-electron chi connectivity index (χ4n) is 4.52. The number of rotatable bonds is 5. The maximum Gasteiger partial charge on any atom is 0.368 e. The third kappa shape index (κ3) is 2.96. The summed E-state index contributed by atoms with van der Waals surface area (Å²) < 4.78 is 5.27. The van der Waals surface area contributed by atoms with Crippen LogP contribution in [0.15, 0.2) is 24.3 Å². The number of hydrogen-bond acceptors (Lipinski definition) is 4. The van der Waals surface area contributed by atoms with E-state index in [0.29, 0.717) is 12.5 Å². The zero-order chi connectivity index (χ0) is 19.9. The van der Waals surface area contributed by atoms with E-state index >= 15 is 0 Å². The Hall–Kier alpha value is -2.21. The molecule has 1 aromatic rings. The molecular weight excluding hydrogens is 344 g/mol.